The second-order valence-corrected chi connectivity index (χ2v) is 15.4. The van der Waals surface area contributed by atoms with Crippen LogP contribution in [0.5, 0.6) is 0 Å². The summed E-state index contributed by atoms with van der Waals surface area (Å²) in [4.78, 5) is 20.1. The quantitative estimate of drug-likeness (QED) is 0.114. The van der Waals surface area contributed by atoms with Crippen LogP contribution < -0.4 is 27.0 Å². The summed E-state index contributed by atoms with van der Waals surface area (Å²) in [5.74, 6) is -72.4. The van der Waals surface area contributed by atoms with Crippen molar-refractivity contribution in [1.29, 1.82) is 0 Å². The first-order valence-electron chi connectivity index (χ1n) is 19.4. The molecule has 0 aliphatic carbocycles. The Morgan fingerprint density at radius 2 is 0.574 bits per heavy atom. The van der Waals surface area contributed by atoms with E-state index < -0.39 is 150 Å². The fourth-order valence-electron chi connectivity index (χ4n) is 7.62. The van der Waals surface area contributed by atoms with E-state index in [2.05, 4.69) is 40.7 Å². The van der Waals surface area contributed by atoms with Gasteiger partial charge in [0.05, 0.1) is 0 Å². The molecule has 0 bridgehead atoms. The summed E-state index contributed by atoms with van der Waals surface area (Å²) in [6, 6.07) is 0. The van der Waals surface area contributed by atoms with Gasteiger partial charge in [-0.2, -0.15) is 0 Å². The maximum Gasteiger partial charge on any atom is 6.00 e. The number of carboxylic acid groups (broad SMARTS) is 1. The van der Waals surface area contributed by atoms with Crippen LogP contribution in [0.2, 0.25) is 0 Å². The van der Waals surface area contributed by atoms with Gasteiger partial charge in [0.1, 0.15) is 52.7 Å². The summed E-state index contributed by atoms with van der Waals surface area (Å²) in [5.41, 5.74) is -14.3. The number of carboxylic acids is 1. The number of carbonyl (C=O) groups excluding carboxylic acids is 1. The number of halogens is 20. The second kappa shape index (κ2) is 23.3. The first kappa shape index (κ1) is 57.7. The number of hydrogen-bond acceptors (Lipinski definition) is 6. The van der Waals surface area contributed by atoms with E-state index in [0.29, 0.717) is 6.54 Å². The van der Waals surface area contributed by atoms with Crippen LogP contribution in [0.15, 0.2) is 0 Å². The molecule has 0 amide bonds. The topological polar surface area (TPSA) is 53.1 Å². The van der Waals surface area contributed by atoms with Crippen molar-refractivity contribution in [2.24, 2.45) is 0 Å². The maximum atomic E-state index is 15.4. The number of rotatable bonds is 7. The summed E-state index contributed by atoms with van der Waals surface area (Å²) in [7, 11) is 6.51. The van der Waals surface area contributed by atoms with E-state index in [9.17, 15) is 62.6 Å². The summed E-state index contributed by atoms with van der Waals surface area (Å²) < 4.78 is 294. The molecule has 1 fully saturated rings. The Balaban J connectivity index is 0.000000449. The van der Waals surface area contributed by atoms with Crippen molar-refractivity contribution in [1.82, 2.24) is 19.6 Å². The Kier molecular flexibility index (Phi) is 19.8. The third-order valence-electron chi connectivity index (χ3n) is 11.1. The minimum Gasteiger partial charge on any atom is -0.550 e. The molecule has 0 spiro atoms. The Hall–Kier alpha value is -4.63. The Labute approximate surface area is 383 Å². The molecule has 0 N–H and O–H groups in total. The number of carbonyl (C=O) groups is 1. The van der Waals surface area contributed by atoms with Gasteiger partial charge in [0, 0.05) is 38.7 Å². The van der Waals surface area contributed by atoms with Gasteiger partial charge in [-0.1, -0.05) is 0 Å². The molecule has 0 saturated carbocycles. The van der Waals surface area contributed by atoms with Gasteiger partial charge in [-0.05, 0) is 66.6 Å². The van der Waals surface area contributed by atoms with E-state index in [1.807, 2.05) is 0 Å². The summed E-state index contributed by atoms with van der Waals surface area (Å²) in [5, 5.41) is 10.7. The molecule has 68 heavy (non-hydrogen) atoms. The zero-order chi connectivity index (χ0) is 50.7. The van der Waals surface area contributed by atoms with Crippen molar-refractivity contribution >= 4 is 34.0 Å². The third-order valence-corrected chi connectivity index (χ3v) is 11.1. The Morgan fingerprint density at radius 1 is 0.368 bits per heavy atom. The van der Waals surface area contributed by atoms with Crippen molar-refractivity contribution in [3.63, 3.8) is 0 Å². The van der Waals surface area contributed by atoms with Gasteiger partial charge in [-0.25, -0.2) is 87.8 Å². The van der Waals surface area contributed by atoms with Crippen LogP contribution in [-0.2, 0) is 21.9 Å². The Morgan fingerprint density at radius 3 is 0.809 bits per heavy atom. The molecule has 4 aromatic rings. The van der Waals surface area contributed by atoms with Crippen molar-refractivity contribution < 1.29 is 115 Å². The smallest absolute Gasteiger partial charge is 0.550 e. The summed E-state index contributed by atoms with van der Waals surface area (Å²) >= 11 is 0. The van der Waals surface area contributed by atoms with E-state index in [1.165, 1.54) is 6.42 Å². The molecular formula is C40H33BF20FeN4O2+4. The maximum absolute atomic E-state index is 15.4. The van der Waals surface area contributed by atoms with E-state index in [1.54, 1.807) is 0 Å². The molecule has 0 atom stereocenters. The van der Waals surface area contributed by atoms with E-state index in [4.69, 9.17) is 0 Å². The largest absolute Gasteiger partial charge is 6.00 e. The Bertz CT molecular complexity index is 2140. The van der Waals surface area contributed by atoms with Gasteiger partial charge in [0.2, 0.25) is 0 Å². The first-order valence-corrected chi connectivity index (χ1v) is 19.4. The van der Waals surface area contributed by atoms with Crippen LogP contribution in [0.25, 0.3) is 0 Å². The molecule has 1 aliphatic heterocycles. The number of benzene rings is 4. The van der Waals surface area contributed by atoms with Crippen molar-refractivity contribution in [3.05, 3.63) is 116 Å². The van der Waals surface area contributed by atoms with Crippen LogP contribution >= 0.6 is 0 Å². The van der Waals surface area contributed by atoms with Crippen LogP contribution in [0, 0.1) is 116 Å². The molecule has 1 saturated heterocycles. The van der Waals surface area contributed by atoms with Gasteiger partial charge in [0.15, 0.2) is 69.8 Å². The van der Waals surface area contributed by atoms with Crippen LogP contribution in [0.3, 0.4) is 0 Å². The normalized spacial score (nSPS) is 15.5. The van der Waals surface area contributed by atoms with E-state index >= 15 is 35.1 Å². The van der Waals surface area contributed by atoms with Crippen molar-refractivity contribution in [2.75, 3.05) is 80.0 Å². The van der Waals surface area contributed by atoms with Gasteiger partial charge in [-0.3, -0.25) is 0 Å². The molecule has 0 radical (unpaired) electrons. The zero-order valence-electron chi connectivity index (χ0n) is 35.1. The molecule has 4 aromatic carbocycles. The fourth-order valence-corrected chi connectivity index (χ4v) is 7.62. The van der Waals surface area contributed by atoms with E-state index in [0.717, 1.165) is 58.8 Å². The van der Waals surface area contributed by atoms with Gasteiger partial charge in [0.25, 0.3) is 0 Å². The molecule has 0 unspecified atom stereocenters. The summed E-state index contributed by atoms with van der Waals surface area (Å²) in [6.45, 7) is 8.96. The van der Waals surface area contributed by atoms with Gasteiger partial charge in [-0.15, -0.1) is 21.9 Å². The standard InChI is InChI=1S/C24BF20.C16H34N4O2.Fe/c26-5-1(6(27)14(35)21(42)13(5)34)25(2-7(28)15(36)22(43)16(37)8(2)29,3-9(30)17(38)23(44)18(39)10(3)31)4-11(32)19(40)24(45)20(41)12(4)33;1-17-7-4-8-19(3)14-15-20(11-6-16(21)22)10-5-9-18(2)13-12-17;/h;4-15H2,1-3H3,(H,21,22);/q-1;;+6/p-1. The van der Waals surface area contributed by atoms with Crippen molar-refractivity contribution in [3.8, 4) is 0 Å². The molecule has 5 rings (SSSR count). The molecule has 0 aromatic heterocycles. The number of likely N-dealkylation sites (N-methyl/N-ethyl adjacent to an activating group) is 3. The molecule has 372 valence electrons. The van der Waals surface area contributed by atoms with Gasteiger partial charge >= 0.3 is 17.1 Å². The molecular weight excluding hydrogens is 1020 g/mol. The molecule has 28 heteroatoms. The van der Waals surface area contributed by atoms with Crippen molar-refractivity contribution in [2.45, 2.75) is 19.3 Å². The minimum atomic E-state index is -7.22. The van der Waals surface area contributed by atoms with Crippen LogP contribution in [0.1, 0.15) is 19.3 Å². The molecule has 6 nitrogen and oxygen atoms in total. The van der Waals surface area contributed by atoms with Crippen LogP contribution in [-0.4, -0.2) is 112 Å². The summed E-state index contributed by atoms with van der Waals surface area (Å²) in [6.07, 6.45) is -4.83. The number of hydrogen-bond donors (Lipinski definition) is 0. The average molecular weight is 1050 g/mol. The third kappa shape index (κ3) is 11.0. The molecule has 1 heterocycles. The molecule has 1 aliphatic rings. The minimum absolute atomic E-state index is 0. The second-order valence-electron chi connectivity index (χ2n) is 15.4. The monoisotopic (exact) mass is 1050 g/mol. The first-order chi connectivity index (χ1) is 31.2. The zero-order valence-corrected chi connectivity index (χ0v) is 36.2. The average Bonchev–Trinajstić information content (AvgIpc) is 3.28. The predicted octanol–water partition coefficient (Wildman–Crippen LogP) is 4.86. The van der Waals surface area contributed by atoms with Gasteiger partial charge < -0.3 is 29.5 Å². The van der Waals surface area contributed by atoms with E-state index in [-0.39, 0.29) is 23.5 Å². The number of nitrogens with zero attached hydrogens (tertiary/aromatic N) is 4. The number of aliphatic carboxylic acids is 1. The SMILES string of the molecule is CN1CCCN(C)CCN(CCC(=O)[O-])CCCN(C)CC1.Fc1c(F)c(F)c([B-](c2c(F)c(F)c(F)c(F)c2F)(c2c(F)c(F)c(F)c(F)c2F)c2c(F)c(F)c(F)c(F)c2F)c(F)c1F.[Fe+6]. The van der Waals surface area contributed by atoms with Crippen LogP contribution in [0.4, 0.5) is 87.8 Å². The fraction of sp³-hybridized carbons (Fsp3) is 0.375. The predicted molar refractivity (Wildman–Crippen MR) is 197 cm³/mol.